The van der Waals surface area contributed by atoms with Gasteiger partial charge in [-0.05, 0) is 24.8 Å². The molecular weight excluding hydrogens is 268 g/mol. The summed E-state index contributed by atoms with van der Waals surface area (Å²) in [6, 6.07) is 3.56. The predicted octanol–water partition coefficient (Wildman–Crippen LogP) is 1.61. The molecule has 1 saturated carbocycles. The number of hydrogen-bond acceptors (Lipinski definition) is 4. The summed E-state index contributed by atoms with van der Waals surface area (Å²) in [5.41, 5.74) is 0.843. The molecule has 2 N–H and O–H groups in total. The first-order valence-corrected chi connectivity index (χ1v) is 7.78. The topological polar surface area (TPSA) is 71.5 Å². The summed E-state index contributed by atoms with van der Waals surface area (Å²) in [5.74, 6) is 0.567. The van der Waals surface area contributed by atoms with Crippen molar-refractivity contribution in [1.29, 1.82) is 0 Å². The molecule has 0 radical (unpaired) electrons. The average molecular weight is 290 g/mol. The number of carbonyl (C=O) groups excluding carboxylic acids is 1. The van der Waals surface area contributed by atoms with Crippen LogP contribution in [0.5, 0.6) is 5.88 Å². The second kappa shape index (κ2) is 6.43. The highest BCUT2D eigenvalue weighted by molar-refractivity contribution is 5.85. The minimum absolute atomic E-state index is 0.00385. The van der Waals surface area contributed by atoms with Gasteiger partial charge in [-0.1, -0.05) is 25.3 Å². The van der Waals surface area contributed by atoms with Crippen molar-refractivity contribution in [2.24, 2.45) is 5.92 Å². The molecule has 5 nitrogen and oxygen atoms in total. The van der Waals surface area contributed by atoms with Crippen LogP contribution in [0.15, 0.2) is 18.3 Å². The minimum atomic E-state index is -0.314. The van der Waals surface area contributed by atoms with E-state index >= 15 is 0 Å². The molecule has 1 fully saturated rings. The van der Waals surface area contributed by atoms with E-state index < -0.39 is 0 Å². The number of ether oxygens (including phenoxy) is 1. The monoisotopic (exact) mass is 290 g/mol. The lowest BCUT2D eigenvalue weighted by molar-refractivity contribution is -0.124. The van der Waals surface area contributed by atoms with Crippen molar-refractivity contribution in [3.63, 3.8) is 0 Å². The van der Waals surface area contributed by atoms with Gasteiger partial charge in [0.05, 0.1) is 12.6 Å². The van der Waals surface area contributed by atoms with Crippen molar-refractivity contribution in [3.05, 3.63) is 23.9 Å². The molecule has 1 aromatic rings. The molecule has 0 saturated heterocycles. The summed E-state index contributed by atoms with van der Waals surface area (Å²) in [6.07, 6.45) is 7.48. The molecule has 5 heteroatoms. The zero-order valence-electron chi connectivity index (χ0n) is 12.1. The fourth-order valence-corrected chi connectivity index (χ4v) is 3.39. The quantitative estimate of drug-likeness (QED) is 0.884. The van der Waals surface area contributed by atoms with E-state index in [1.165, 1.54) is 19.3 Å². The van der Waals surface area contributed by atoms with Crippen LogP contribution in [0.25, 0.3) is 0 Å². The average Bonchev–Trinajstić information content (AvgIpc) is 2.97. The molecule has 0 bridgehead atoms. The summed E-state index contributed by atoms with van der Waals surface area (Å²) in [7, 11) is 0. The van der Waals surface area contributed by atoms with E-state index in [0.717, 1.165) is 18.4 Å². The number of nitrogens with one attached hydrogen (secondary N) is 1. The molecule has 114 valence electrons. The lowest BCUT2D eigenvalue weighted by Crippen LogP contribution is -2.45. The van der Waals surface area contributed by atoms with E-state index in [1.54, 1.807) is 6.20 Å². The van der Waals surface area contributed by atoms with Crippen LogP contribution in [-0.4, -0.2) is 35.3 Å². The maximum Gasteiger partial charge on any atom is 0.231 e. The fraction of sp³-hybridized carbons (Fsp3) is 0.625. The molecule has 1 aliphatic carbocycles. The van der Waals surface area contributed by atoms with Gasteiger partial charge in [0.15, 0.2) is 0 Å². The maximum absolute atomic E-state index is 12.5. The van der Waals surface area contributed by atoms with Gasteiger partial charge in [0.2, 0.25) is 11.8 Å². The lowest BCUT2D eigenvalue weighted by atomic mass is 9.84. The summed E-state index contributed by atoms with van der Waals surface area (Å²) < 4.78 is 5.46. The zero-order valence-corrected chi connectivity index (χ0v) is 12.1. The second-order valence-corrected chi connectivity index (χ2v) is 5.96. The Labute approximate surface area is 124 Å². The Hall–Kier alpha value is -1.62. The number of nitrogens with zero attached hydrogens (tertiary/aromatic N) is 1. The zero-order chi connectivity index (χ0) is 14.7. The number of aliphatic hydroxyl groups excluding tert-OH is 1. The van der Waals surface area contributed by atoms with E-state index in [2.05, 4.69) is 10.3 Å². The van der Waals surface area contributed by atoms with Crippen molar-refractivity contribution in [2.75, 3.05) is 13.2 Å². The van der Waals surface area contributed by atoms with Gasteiger partial charge < -0.3 is 15.2 Å². The van der Waals surface area contributed by atoms with Gasteiger partial charge in [-0.2, -0.15) is 0 Å². The number of fused-ring (bicyclic) bond motifs is 1. The molecule has 2 atom stereocenters. The van der Waals surface area contributed by atoms with Crippen molar-refractivity contribution in [2.45, 2.75) is 44.1 Å². The predicted molar refractivity (Wildman–Crippen MR) is 78.1 cm³/mol. The third-order valence-electron chi connectivity index (χ3n) is 4.62. The van der Waals surface area contributed by atoms with Crippen LogP contribution >= 0.6 is 0 Å². The van der Waals surface area contributed by atoms with Crippen molar-refractivity contribution >= 4 is 5.91 Å². The van der Waals surface area contributed by atoms with Gasteiger partial charge in [-0.25, -0.2) is 4.98 Å². The first kappa shape index (κ1) is 14.3. The van der Waals surface area contributed by atoms with Gasteiger partial charge in [-0.3, -0.25) is 4.79 Å². The summed E-state index contributed by atoms with van der Waals surface area (Å²) in [6.45, 7) is 0.338. The number of rotatable bonds is 4. The van der Waals surface area contributed by atoms with Gasteiger partial charge in [-0.15, -0.1) is 0 Å². The highest BCUT2D eigenvalue weighted by Gasteiger charge is 2.33. The van der Waals surface area contributed by atoms with E-state index in [4.69, 9.17) is 4.74 Å². The smallest absolute Gasteiger partial charge is 0.231 e. The van der Waals surface area contributed by atoms with Crippen LogP contribution in [0.4, 0.5) is 0 Å². The van der Waals surface area contributed by atoms with Crippen LogP contribution in [0.2, 0.25) is 0 Å². The molecular formula is C16H22N2O3. The normalized spacial score (nSPS) is 23.2. The molecule has 0 unspecified atom stereocenters. The summed E-state index contributed by atoms with van der Waals surface area (Å²) in [4.78, 5) is 16.6. The minimum Gasteiger partial charge on any atom is -0.476 e. The van der Waals surface area contributed by atoms with Crippen LogP contribution in [-0.2, 0) is 4.79 Å². The number of amides is 1. The Kier molecular flexibility index (Phi) is 4.39. The van der Waals surface area contributed by atoms with E-state index in [9.17, 15) is 9.90 Å². The third-order valence-corrected chi connectivity index (χ3v) is 4.62. The fourth-order valence-electron chi connectivity index (χ4n) is 3.39. The van der Waals surface area contributed by atoms with Gasteiger partial charge in [0.1, 0.15) is 12.5 Å². The largest absolute Gasteiger partial charge is 0.476 e. The first-order chi connectivity index (χ1) is 10.3. The van der Waals surface area contributed by atoms with Gasteiger partial charge in [0, 0.05) is 11.8 Å². The van der Waals surface area contributed by atoms with Crippen molar-refractivity contribution in [3.8, 4) is 5.88 Å². The van der Waals surface area contributed by atoms with E-state index in [-0.39, 0.29) is 24.5 Å². The van der Waals surface area contributed by atoms with Gasteiger partial charge >= 0.3 is 0 Å². The lowest BCUT2D eigenvalue weighted by Gasteiger charge is -2.30. The van der Waals surface area contributed by atoms with Gasteiger partial charge in [0.25, 0.3) is 0 Å². The number of aromatic nitrogens is 1. The number of aliphatic hydroxyl groups is 1. The second-order valence-electron chi connectivity index (χ2n) is 5.96. The molecule has 2 aliphatic rings. The summed E-state index contributed by atoms with van der Waals surface area (Å²) in [5, 5.41) is 12.6. The van der Waals surface area contributed by atoms with E-state index in [1.807, 2.05) is 12.1 Å². The standard InChI is InChI=1S/C16H22N2O3/c19-9-14(11-5-2-1-3-6-11)18-15(20)13-10-21-16-12(13)7-4-8-17-16/h4,7-8,11,13-14,19H,1-3,5-6,9-10H2,(H,18,20)/t13-,14-/m1/s1. The molecule has 1 aliphatic heterocycles. The van der Waals surface area contributed by atoms with Crippen LogP contribution in [0, 0.1) is 5.92 Å². The SMILES string of the molecule is O=C(N[C@H](CO)C1CCCCC1)[C@@H]1COc2ncccc21. The number of pyridine rings is 1. The first-order valence-electron chi connectivity index (χ1n) is 7.78. The molecule has 1 amide bonds. The van der Waals surface area contributed by atoms with Crippen molar-refractivity contribution in [1.82, 2.24) is 10.3 Å². The Bertz CT molecular complexity index is 500. The van der Waals surface area contributed by atoms with Crippen LogP contribution in [0.1, 0.15) is 43.6 Å². The number of carbonyl (C=O) groups is 1. The summed E-state index contributed by atoms with van der Waals surface area (Å²) >= 11 is 0. The highest BCUT2D eigenvalue weighted by atomic mass is 16.5. The molecule has 3 rings (SSSR count). The molecule has 0 spiro atoms. The molecule has 1 aromatic heterocycles. The maximum atomic E-state index is 12.5. The Morgan fingerprint density at radius 2 is 2.24 bits per heavy atom. The Morgan fingerprint density at radius 3 is 3.00 bits per heavy atom. The Balaban J connectivity index is 1.65. The highest BCUT2D eigenvalue weighted by Crippen LogP contribution is 2.32. The Morgan fingerprint density at radius 1 is 1.43 bits per heavy atom. The molecule has 21 heavy (non-hydrogen) atoms. The van der Waals surface area contributed by atoms with E-state index in [0.29, 0.717) is 18.4 Å². The third kappa shape index (κ3) is 3.02. The van der Waals surface area contributed by atoms with Crippen LogP contribution in [0.3, 0.4) is 0 Å². The van der Waals surface area contributed by atoms with Crippen LogP contribution < -0.4 is 10.1 Å². The molecule has 2 heterocycles. The van der Waals surface area contributed by atoms with Crippen molar-refractivity contribution < 1.29 is 14.6 Å². The number of hydrogen-bond donors (Lipinski definition) is 2. The molecule has 0 aromatic carbocycles.